The summed E-state index contributed by atoms with van der Waals surface area (Å²) in [5.41, 5.74) is 0. The summed E-state index contributed by atoms with van der Waals surface area (Å²) < 4.78 is 16.3. The molecule has 7 heteroatoms. The molecule has 0 heterocycles. The summed E-state index contributed by atoms with van der Waals surface area (Å²) in [5.74, 6) is 0. The SMILES string of the molecule is CCCCCCCCCCCCCCCCCCN(CCC[Si](OC)(OC)OC)C(=O)S. The van der Waals surface area contributed by atoms with Crippen LogP contribution >= 0.6 is 12.6 Å². The second-order valence-corrected chi connectivity index (χ2v) is 12.4. The van der Waals surface area contributed by atoms with E-state index in [0.29, 0.717) is 12.6 Å². The summed E-state index contributed by atoms with van der Waals surface area (Å²) >= 11 is 4.04. The first-order valence-electron chi connectivity index (χ1n) is 13.2. The van der Waals surface area contributed by atoms with E-state index in [1.54, 1.807) is 21.3 Å². The van der Waals surface area contributed by atoms with Crippen molar-refractivity contribution < 1.29 is 18.1 Å². The topological polar surface area (TPSA) is 48.0 Å². The van der Waals surface area contributed by atoms with E-state index in [1.807, 2.05) is 4.90 Å². The number of hydrogen-bond donors (Lipinski definition) is 1. The van der Waals surface area contributed by atoms with Crippen molar-refractivity contribution in [2.24, 2.45) is 0 Å². The van der Waals surface area contributed by atoms with E-state index in [0.717, 1.165) is 19.4 Å². The van der Waals surface area contributed by atoms with Gasteiger partial charge in [-0.05, 0) is 12.8 Å². The number of thiol groups is 1. The van der Waals surface area contributed by atoms with Gasteiger partial charge in [-0.25, -0.2) is 0 Å². The molecule has 0 aliphatic carbocycles. The van der Waals surface area contributed by atoms with Crippen molar-refractivity contribution in [3.05, 3.63) is 0 Å². The van der Waals surface area contributed by atoms with Gasteiger partial charge in [0.1, 0.15) is 0 Å². The molecule has 0 saturated carbocycles. The van der Waals surface area contributed by atoms with Gasteiger partial charge in [0.05, 0.1) is 0 Å². The first kappa shape index (κ1) is 31.9. The lowest BCUT2D eigenvalue weighted by atomic mass is 10.0. The van der Waals surface area contributed by atoms with E-state index in [-0.39, 0.29) is 5.24 Å². The van der Waals surface area contributed by atoms with Crippen molar-refractivity contribution >= 4 is 26.7 Å². The molecule has 0 aliphatic rings. The maximum absolute atomic E-state index is 11.8. The minimum atomic E-state index is -2.56. The molecule has 0 aromatic carbocycles. The molecular weight excluding hydrogens is 438 g/mol. The molecule has 0 atom stereocenters. The van der Waals surface area contributed by atoms with Crippen molar-refractivity contribution in [2.45, 2.75) is 122 Å². The van der Waals surface area contributed by atoms with Gasteiger partial charge in [-0.2, -0.15) is 0 Å². The van der Waals surface area contributed by atoms with Crippen LogP contribution in [0.15, 0.2) is 0 Å². The number of hydrogen-bond acceptors (Lipinski definition) is 4. The molecule has 32 heavy (non-hydrogen) atoms. The average Bonchev–Trinajstić information content (AvgIpc) is 2.80. The molecule has 0 radical (unpaired) electrons. The van der Waals surface area contributed by atoms with E-state index in [2.05, 4.69) is 19.6 Å². The number of nitrogens with zero attached hydrogens (tertiary/aromatic N) is 1. The Morgan fingerprint density at radius 1 is 0.625 bits per heavy atom. The van der Waals surface area contributed by atoms with Crippen LogP contribution in [0.5, 0.6) is 0 Å². The van der Waals surface area contributed by atoms with Gasteiger partial charge >= 0.3 is 8.80 Å². The van der Waals surface area contributed by atoms with E-state index in [1.165, 1.54) is 96.3 Å². The molecule has 0 fully saturated rings. The Kier molecular flexibility index (Phi) is 22.6. The van der Waals surface area contributed by atoms with Crippen molar-refractivity contribution in [1.29, 1.82) is 0 Å². The van der Waals surface area contributed by atoms with Crippen LogP contribution < -0.4 is 0 Å². The molecular formula is C25H53NO4SSi. The van der Waals surface area contributed by atoms with Crippen LogP contribution in [0, 0.1) is 0 Å². The van der Waals surface area contributed by atoms with Crippen LogP contribution in [0.2, 0.25) is 6.04 Å². The standard InChI is InChI=1S/C25H53NO4SSi/c1-5-6-7-8-9-10-11-12-13-14-15-16-17-18-19-20-22-26(25(27)31)23-21-24-32(28-2,29-3)30-4/h5-24H2,1-4H3,(H,27,31). The highest BCUT2D eigenvalue weighted by Crippen LogP contribution is 2.17. The molecule has 0 rings (SSSR count). The normalized spacial score (nSPS) is 11.8. The Hall–Kier alpha value is -0.0831. The molecule has 0 N–H and O–H groups in total. The highest BCUT2D eigenvalue weighted by molar-refractivity contribution is 7.96. The van der Waals surface area contributed by atoms with Gasteiger partial charge in [0.15, 0.2) is 0 Å². The molecule has 0 unspecified atom stereocenters. The van der Waals surface area contributed by atoms with Crippen LogP contribution in [0.1, 0.15) is 116 Å². The molecule has 5 nitrogen and oxygen atoms in total. The van der Waals surface area contributed by atoms with Gasteiger partial charge in [0, 0.05) is 40.5 Å². The lowest BCUT2D eigenvalue weighted by Gasteiger charge is -2.26. The maximum atomic E-state index is 11.8. The van der Waals surface area contributed by atoms with Crippen molar-refractivity contribution in [1.82, 2.24) is 4.90 Å². The first-order chi connectivity index (χ1) is 15.5. The second-order valence-electron chi connectivity index (χ2n) is 8.97. The Labute approximate surface area is 206 Å². The third-order valence-electron chi connectivity index (χ3n) is 6.40. The van der Waals surface area contributed by atoms with Gasteiger partial charge in [-0.15, -0.1) is 0 Å². The Morgan fingerprint density at radius 3 is 1.31 bits per heavy atom. The van der Waals surface area contributed by atoms with Crippen molar-refractivity contribution in [2.75, 3.05) is 34.4 Å². The molecule has 192 valence electrons. The molecule has 0 aromatic heterocycles. The molecule has 0 saturated heterocycles. The number of carbonyl (C=O) groups excluding carboxylic acids is 1. The predicted octanol–water partition coefficient (Wildman–Crippen LogP) is 7.87. The summed E-state index contributed by atoms with van der Waals surface area (Å²) in [5, 5.41) is -0.148. The van der Waals surface area contributed by atoms with E-state index < -0.39 is 8.80 Å². The number of carbonyl (C=O) groups is 1. The zero-order valence-corrected chi connectivity index (χ0v) is 23.6. The van der Waals surface area contributed by atoms with Crippen molar-refractivity contribution in [3.8, 4) is 0 Å². The van der Waals surface area contributed by atoms with Gasteiger partial charge in [0.2, 0.25) is 0 Å². The zero-order chi connectivity index (χ0) is 23.9. The third kappa shape index (κ3) is 17.4. The smallest absolute Gasteiger partial charge is 0.377 e. The fourth-order valence-corrected chi connectivity index (χ4v) is 6.10. The summed E-state index contributed by atoms with van der Waals surface area (Å²) in [7, 11) is 2.31. The van der Waals surface area contributed by atoms with E-state index >= 15 is 0 Å². The van der Waals surface area contributed by atoms with Gasteiger partial charge < -0.3 is 18.2 Å². The van der Waals surface area contributed by atoms with Gasteiger partial charge in [-0.1, -0.05) is 116 Å². The van der Waals surface area contributed by atoms with Gasteiger partial charge in [-0.3, -0.25) is 4.79 Å². The van der Waals surface area contributed by atoms with Crippen LogP contribution in [0.25, 0.3) is 0 Å². The molecule has 0 aliphatic heterocycles. The van der Waals surface area contributed by atoms with Crippen LogP contribution in [0.3, 0.4) is 0 Å². The Morgan fingerprint density at radius 2 is 0.969 bits per heavy atom. The summed E-state index contributed by atoms with van der Waals surface area (Å²) in [6.07, 6.45) is 22.5. The van der Waals surface area contributed by atoms with E-state index in [9.17, 15) is 4.79 Å². The summed E-state index contributed by atoms with van der Waals surface area (Å²) in [6.45, 7) is 3.73. The minimum absolute atomic E-state index is 0.148. The van der Waals surface area contributed by atoms with Crippen LogP contribution in [0.4, 0.5) is 4.79 Å². The number of amides is 1. The molecule has 0 bridgehead atoms. The fraction of sp³-hybridized carbons (Fsp3) is 0.960. The lowest BCUT2D eigenvalue weighted by molar-refractivity contribution is 0.122. The molecule has 1 amide bonds. The molecule has 0 spiro atoms. The Balaban J connectivity index is 3.59. The monoisotopic (exact) mass is 491 g/mol. The van der Waals surface area contributed by atoms with E-state index in [4.69, 9.17) is 13.3 Å². The first-order valence-corrected chi connectivity index (χ1v) is 15.6. The average molecular weight is 492 g/mol. The number of unbranched alkanes of at least 4 members (excludes halogenated alkanes) is 15. The predicted molar refractivity (Wildman–Crippen MR) is 142 cm³/mol. The van der Waals surface area contributed by atoms with Gasteiger partial charge in [0.25, 0.3) is 5.24 Å². The number of rotatable bonds is 24. The quantitative estimate of drug-likeness (QED) is 0.0847. The summed E-state index contributed by atoms with van der Waals surface area (Å²) in [4.78, 5) is 13.6. The summed E-state index contributed by atoms with van der Waals surface area (Å²) in [6, 6.07) is 0.701. The minimum Gasteiger partial charge on any atom is -0.377 e. The second kappa shape index (κ2) is 22.7. The molecule has 0 aromatic rings. The Bertz CT molecular complexity index is 416. The zero-order valence-electron chi connectivity index (χ0n) is 21.7. The maximum Gasteiger partial charge on any atom is 0.500 e. The largest absolute Gasteiger partial charge is 0.500 e. The highest BCUT2D eigenvalue weighted by Gasteiger charge is 2.37. The van der Waals surface area contributed by atoms with Crippen molar-refractivity contribution in [3.63, 3.8) is 0 Å². The third-order valence-corrected chi connectivity index (χ3v) is 9.51. The lowest BCUT2D eigenvalue weighted by Crippen LogP contribution is -2.43. The van der Waals surface area contributed by atoms with Crippen LogP contribution in [-0.2, 0) is 13.3 Å². The highest BCUT2D eigenvalue weighted by atomic mass is 32.1. The van der Waals surface area contributed by atoms with Crippen LogP contribution in [-0.4, -0.2) is 53.4 Å². The fourth-order valence-electron chi connectivity index (χ4n) is 4.20.